The minimum absolute atomic E-state index is 0.0716. The van der Waals surface area contributed by atoms with E-state index in [2.05, 4.69) is 21.6 Å². The third-order valence-corrected chi connectivity index (χ3v) is 10.5. The first-order valence-corrected chi connectivity index (χ1v) is 14.4. The maximum atomic E-state index is 13.0. The van der Waals surface area contributed by atoms with E-state index in [-0.39, 0.29) is 11.9 Å². The van der Waals surface area contributed by atoms with E-state index >= 15 is 0 Å². The second kappa shape index (κ2) is 9.99. The van der Waals surface area contributed by atoms with Gasteiger partial charge in [-0.25, -0.2) is 8.42 Å². The summed E-state index contributed by atoms with van der Waals surface area (Å²) >= 11 is 1.56. The van der Waals surface area contributed by atoms with Gasteiger partial charge in [-0.05, 0) is 62.1 Å². The predicted octanol–water partition coefficient (Wildman–Crippen LogP) is 2.04. The molecule has 2 saturated heterocycles. The van der Waals surface area contributed by atoms with Gasteiger partial charge in [0.15, 0.2) is 0 Å². The number of hydrogen-bond donors (Lipinski definition) is 2. The Morgan fingerprint density at radius 2 is 1.91 bits per heavy atom. The Labute approximate surface area is 211 Å². The first-order chi connectivity index (χ1) is 16.8. The first-order valence-electron chi connectivity index (χ1n) is 12.2. The van der Waals surface area contributed by atoms with Gasteiger partial charge < -0.3 is 15.5 Å². The van der Waals surface area contributed by atoms with Crippen LogP contribution in [-0.2, 0) is 21.2 Å². The van der Waals surface area contributed by atoms with Crippen molar-refractivity contribution in [2.75, 3.05) is 33.2 Å². The highest BCUT2D eigenvalue weighted by molar-refractivity contribution is 7.89. The van der Waals surface area contributed by atoms with Gasteiger partial charge in [-0.2, -0.15) is 9.57 Å². The summed E-state index contributed by atoms with van der Waals surface area (Å²) in [6.07, 6.45) is 3.72. The molecule has 3 heterocycles. The molecule has 3 unspecified atom stereocenters. The molecule has 3 fully saturated rings. The molecule has 2 aliphatic heterocycles. The van der Waals surface area contributed by atoms with Gasteiger partial charge in [0.25, 0.3) is 0 Å². The first kappa shape index (κ1) is 24.4. The summed E-state index contributed by atoms with van der Waals surface area (Å²) in [7, 11) is -1.49. The number of amides is 1. The lowest BCUT2D eigenvalue weighted by Crippen LogP contribution is -2.50. The van der Waals surface area contributed by atoms with Crippen LogP contribution < -0.4 is 10.6 Å². The third-order valence-electron chi connectivity index (χ3n) is 7.42. The van der Waals surface area contributed by atoms with Crippen molar-refractivity contribution >= 4 is 27.3 Å². The number of benzene rings is 1. The number of rotatable bonds is 7. The third kappa shape index (κ3) is 5.15. The lowest BCUT2D eigenvalue weighted by Gasteiger charge is -2.31. The monoisotopic (exact) mass is 513 g/mol. The van der Waals surface area contributed by atoms with Gasteiger partial charge in [-0.3, -0.25) is 4.79 Å². The Hall–Kier alpha value is -2.29. The fourth-order valence-corrected chi connectivity index (χ4v) is 7.83. The van der Waals surface area contributed by atoms with Crippen molar-refractivity contribution in [2.45, 2.75) is 48.7 Å². The van der Waals surface area contributed by atoms with Crippen LogP contribution >= 0.6 is 11.3 Å². The van der Waals surface area contributed by atoms with E-state index in [4.69, 9.17) is 0 Å². The summed E-state index contributed by atoms with van der Waals surface area (Å²) in [4.78, 5) is 17.1. The zero-order chi connectivity index (χ0) is 24.6. The molecule has 5 rings (SSSR count). The summed E-state index contributed by atoms with van der Waals surface area (Å²) in [6.45, 7) is 2.47. The largest absolute Gasteiger partial charge is 0.339 e. The molecule has 0 spiro atoms. The molecular weight excluding hydrogens is 482 g/mol. The molecule has 1 aromatic heterocycles. The molecule has 4 atom stereocenters. The quantitative estimate of drug-likeness (QED) is 0.587. The second-order valence-electron chi connectivity index (χ2n) is 9.81. The summed E-state index contributed by atoms with van der Waals surface area (Å²) in [5, 5.41) is 15.9. The van der Waals surface area contributed by atoms with Crippen molar-refractivity contribution in [3.8, 4) is 16.5 Å². The van der Waals surface area contributed by atoms with Gasteiger partial charge in [0, 0.05) is 48.4 Å². The lowest BCUT2D eigenvalue weighted by atomic mass is 9.99. The maximum Gasteiger partial charge on any atom is 0.243 e. The molecule has 35 heavy (non-hydrogen) atoms. The Kier molecular flexibility index (Phi) is 6.97. The van der Waals surface area contributed by atoms with E-state index in [9.17, 15) is 18.5 Å². The number of carbonyl (C=O) groups is 1. The number of nitriles is 1. The van der Waals surface area contributed by atoms with E-state index in [1.807, 2.05) is 31.3 Å². The summed E-state index contributed by atoms with van der Waals surface area (Å²) in [6, 6.07) is 12.9. The molecule has 2 bridgehead atoms. The van der Waals surface area contributed by atoms with Crippen LogP contribution in [0.3, 0.4) is 0 Å². The van der Waals surface area contributed by atoms with Crippen LogP contribution in [0, 0.1) is 17.2 Å². The summed E-state index contributed by atoms with van der Waals surface area (Å²) in [5.74, 6) is 0.313. The highest BCUT2D eigenvalue weighted by Crippen LogP contribution is 2.35. The number of fused-ring (bicyclic) bond motifs is 2. The molecule has 0 radical (unpaired) electrons. The van der Waals surface area contributed by atoms with Crippen molar-refractivity contribution in [3.05, 3.63) is 41.3 Å². The zero-order valence-electron chi connectivity index (χ0n) is 19.8. The van der Waals surface area contributed by atoms with E-state index in [0.717, 1.165) is 47.7 Å². The maximum absolute atomic E-state index is 13.0. The molecule has 10 heteroatoms. The van der Waals surface area contributed by atoms with Crippen LogP contribution in [0.15, 0.2) is 41.3 Å². The number of nitrogens with one attached hydrogen (secondary N) is 2. The normalized spacial score (nSPS) is 25.9. The van der Waals surface area contributed by atoms with Gasteiger partial charge in [-0.15, -0.1) is 11.3 Å². The Morgan fingerprint density at radius 1 is 1.17 bits per heavy atom. The predicted molar refractivity (Wildman–Crippen MR) is 135 cm³/mol. The molecule has 186 valence electrons. The molecule has 1 aliphatic carbocycles. The van der Waals surface area contributed by atoms with E-state index in [0.29, 0.717) is 36.4 Å². The molecule has 2 N–H and O–H groups in total. The minimum atomic E-state index is -3.49. The van der Waals surface area contributed by atoms with Crippen LogP contribution in [0.25, 0.3) is 10.4 Å². The number of piperidine rings is 1. The minimum Gasteiger partial charge on any atom is -0.339 e. The highest BCUT2D eigenvalue weighted by atomic mass is 32.2. The van der Waals surface area contributed by atoms with Crippen LogP contribution in [-0.4, -0.2) is 74.9 Å². The number of carbonyl (C=O) groups excluding carboxylic acids is 1. The Balaban J connectivity index is 1.21. The van der Waals surface area contributed by atoms with E-state index in [1.165, 1.54) is 0 Å². The summed E-state index contributed by atoms with van der Waals surface area (Å²) in [5.41, 5.74) is 0.933. The van der Waals surface area contributed by atoms with Crippen LogP contribution in [0.2, 0.25) is 0 Å². The van der Waals surface area contributed by atoms with Gasteiger partial charge in [0.05, 0.1) is 17.0 Å². The van der Waals surface area contributed by atoms with E-state index in [1.54, 1.807) is 27.8 Å². The summed E-state index contributed by atoms with van der Waals surface area (Å²) < 4.78 is 27.5. The molecule has 8 nitrogen and oxygen atoms in total. The fraction of sp³-hybridized carbons (Fsp3) is 0.520. The number of hydrogen-bond acceptors (Lipinski definition) is 7. The molecule has 3 aliphatic rings. The van der Waals surface area contributed by atoms with Crippen molar-refractivity contribution in [3.63, 3.8) is 0 Å². The Bertz CT molecular complexity index is 1210. The van der Waals surface area contributed by atoms with Gasteiger partial charge >= 0.3 is 0 Å². The van der Waals surface area contributed by atoms with Crippen molar-refractivity contribution in [1.29, 1.82) is 5.26 Å². The van der Waals surface area contributed by atoms with E-state index < -0.39 is 16.1 Å². The van der Waals surface area contributed by atoms with Crippen LogP contribution in [0.4, 0.5) is 0 Å². The van der Waals surface area contributed by atoms with Gasteiger partial charge in [-0.1, -0.05) is 12.1 Å². The number of thiophene rings is 1. The van der Waals surface area contributed by atoms with Crippen LogP contribution in [0.1, 0.15) is 24.1 Å². The van der Waals surface area contributed by atoms with Gasteiger partial charge in [0.2, 0.25) is 15.9 Å². The molecular formula is C25H31N5O3S2. The fourth-order valence-electron chi connectivity index (χ4n) is 5.35. The smallest absolute Gasteiger partial charge is 0.243 e. The van der Waals surface area contributed by atoms with Crippen molar-refractivity contribution in [1.82, 2.24) is 19.8 Å². The average Bonchev–Trinajstić information content (AvgIpc) is 3.62. The van der Waals surface area contributed by atoms with Crippen molar-refractivity contribution < 1.29 is 13.2 Å². The number of likely N-dealkylation sites (N-methyl/N-ethyl adjacent to an activating group) is 1. The molecule has 1 saturated carbocycles. The zero-order valence-corrected chi connectivity index (χ0v) is 21.4. The van der Waals surface area contributed by atoms with Crippen molar-refractivity contribution in [2.24, 2.45) is 5.92 Å². The lowest BCUT2D eigenvalue weighted by molar-refractivity contribution is -0.124. The standard InChI is InChI=1S/C25H31N5O3S2/c1-29-10-12-30(13-11-29)35(32,33)22-7-3-17(4-8-22)23-9-6-21(34-23)15-20(16-26)28-25(31)24-18-2-5-19(14-18)27-24/h3-4,6-9,18-20,24,27H,2,5,10-15H2,1H3,(H,28,31)/t18?,19?,20-,24?/m0/s1. The Morgan fingerprint density at radius 3 is 2.54 bits per heavy atom. The van der Waals surface area contributed by atoms with Crippen LogP contribution in [0.5, 0.6) is 0 Å². The number of sulfonamides is 1. The second-order valence-corrected chi connectivity index (χ2v) is 12.9. The molecule has 1 aromatic carbocycles. The molecule has 1 amide bonds. The molecule has 2 aromatic rings. The average molecular weight is 514 g/mol. The highest BCUT2D eigenvalue weighted by Gasteiger charge is 2.43. The topological polar surface area (TPSA) is 106 Å². The SMILES string of the molecule is CN1CCN(S(=O)(=O)c2ccc(-c3ccc(C[C@@H](C#N)NC(=O)C4NC5CCC4C5)s3)cc2)CC1. The number of piperazine rings is 1. The number of nitrogens with zero attached hydrogens (tertiary/aromatic N) is 3. The van der Waals surface area contributed by atoms with Gasteiger partial charge in [0.1, 0.15) is 6.04 Å².